The van der Waals surface area contributed by atoms with Crippen LogP contribution in [0.1, 0.15) is 53.6 Å². The summed E-state index contributed by atoms with van der Waals surface area (Å²) in [4.78, 5) is 51.6. The number of fused-ring (bicyclic) bond motifs is 1. The smallest absolute Gasteiger partial charge is 0.311 e. The molecule has 2 saturated heterocycles. The van der Waals surface area contributed by atoms with E-state index >= 15 is 0 Å². The number of nitrogens with one attached hydrogen (secondary N) is 1. The Kier molecular flexibility index (Phi) is 6.66. The molecule has 3 fully saturated rings. The largest absolute Gasteiger partial charge is 0.490 e. The van der Waals surface area contributed by atoms with Crippen molar-refractivity contribution in [3.63, 3.8) is 0 Å². The summed E-state index contributed by atoms with van der Waals surface area (Å²) < 4.78 is 5.23. The SMILES string of the molecule is COc1cc(N2CCC([C@@H]3C[C@H]3C#Cc3cccc4c3CN(C3CCC(=O)NC3=O)C4=O)CC2)ccc1[N+](=O)[O-]. The molecule has 3 heterocycles. The summed E-state index contributed by atoms with van der Waals surface area (Å²) in [5.74, 6) is 7.64. The van der Waals surface area contributed by atoms with Gasteiger partial charge in [-0.25, -0.2) is 0 Å². The molecule has 0 bridgehead atoms. The van der Waals surface area contributed by atoms with Crippen LogP contribution in [-0.4, -0.2) is 53.8 Å². The second-order valence-electron chi connectivity index (χ2n) is 10.9. The van der Waals surface area contributed by atoms with Crippen molar-refractivity contribution in [2.24, 2.45) is 17.8 Å². The summed E-state index contributed by atoms with van der Waals surface area (Å²) in [6, 6.07) is 9.95. The first-order valence-electron chi connectivity index (χ1n) is 13.7. The van der Waals surface area contributed by atoms with Gasteiger partial charge >= 0.3 is 5.69 Å². The van der Waals surface area contributed by atoms with Gasteiger partial charge in [-0.1, -0.05) is 17.9 Å². The number of imide groups is 1. The van der Waals surface area contributed by atoms with Gasteiger partial charge in [0, 0.05) is 60.9 Å². The van der Waals surface area contributed by atoms with Gasteiger partial charge in [0.05, 0.1) is 12.0 Å². The average molecular weight is 543 g/mol. The minimum Gasteiger partial charge on any atom is -0.490 e. The highest BCUT2D eigenvalue weighted by Gasteiger charge is 2.43. The number of amides is 3. The first-order valence-corrected chi connectivity index (χ1v) is 13.7. The molecule has 0 radical (unpaired) electrons. The molecule has 2 aromatic rings. The number of methoxy groups -OCH3 is 1. The topological polar surface area (TPSA) is 122 Å². The van der Waals surface area contributed by atoms with Crippen molar-refractivity contribution in [2.45, 2.75) is 44.7 Å². The second-order valence-corrected chi connectivity index (χ2v) is 10.9. The van der Waals surface area contributed by atoms with E-state index in [1.807, 2.05) is 12.1 Å². The number of carbonyl (C=O) groups is 3. The Morgan fingerprint density at radius 2 is 1.90 bits per heavy atom. The van der Waals surface area contributed by atoms with Crippen molar-refractivity contribution in [2.75, 3.05) is 25.1 Å². The zero-order valence-electron chi connectivity index (χ0n) is 22.2. The zero-order chi connectivity index (χ0) is 28.0. The lowest BCUT2D eigenvalue weighted by molar-refractivity contribution is -0.385. The number of benzene rings is 2. The molecule has 2 aromatic carbocycles. The van der Waals surface area contributed by atoms with Gasteiger partial charge in [0.15, 0.2) is 5.75 Å². The van der Waals surface area contributed by atoms with E-state index in [1.54, 1.807) is 23.1 Å². The van der Waals surface area contributed by atoms with Gasteiger partial charge in [0.25, 0.3) is 5.91 Å². The molecule has 6 rings (SSSR count). The summed E-state index contributed by atoms with van der Waals surface area (Å²) in [7, 11) is 1.45. The number of ether oxygens (including phenoxy) is 1. The Morgan fingerprint density at radius 1 is 1.10 bits per heavy atom. The first kappa shape index (κ1) is 25.9. The van der Waals surface area contributed by atoms with Crippen molar-refractivity contribution in [1.29, 1.82) is 0 Å². The third-order valence-corrected chi connectivity index (χ3v) is 8.68. The van der Waals surface area contributed by atoms with Crippen molar-refractivity contribution < 1.29 is 24.0 Å². The van der Waals surface area contributed by atoms with Gasteiger partial charge in [-0.3, -0.25) is 29.8 Å². The maximum absolute atomic E-state index is 13.1. The molecule has 206 valence electrons. The third kappa shape index (κ3) is 4.76. The summed E-state index contributed by atoms with van der Waals surface area (Å²) in [6.07, 6.45) is 3.72. The molecule has 40 heavy (non-hydrogen) atoms. The van der Waals surface area contributed by atoms with Crippen molar-refractivity contribution in [1.82, 2.24) is 10.2 Å². The van der Waals surface area contributed by atoms with Crippen LogP contribution in [0, 0.1) is 39.7 Å². The fraction of sp³-hybridized carbons (Fsp3) is 0.433. The lowest BCUT2D eigenvalue weighted by Crippen LogP contribution is -2.52. The number of nitro groups is 1. The van der Waals surface area contributed by atoms with Gasteiger partial charge in [-0.05, 0) is 61.3 Å². The van der Waals surface area contributed by atoms with E-state index in [-0.39, 0.29) is 29.7 Å². The third-order valence-electron chi connectivity index (χ3n) is 8.68. The lowest BCUT2D eigenvalue weighted by Gasteiger charge is -2.34. The van der Waals surface area contributed by atoms with E-state index in [1.165, 1.54) is 13.2 Å². The van der Waals surface area contributed by atoms with Gasteiger partial charge < -0.3 is 14.5 Å². The molecule has 0 aromatic heterocycles. The van der Waals surface area contributed by atoms with E-state index in [4.69, 9.17) is 4.74 Å². The van der Waals surface area contributed by atoms with Gasteiger partial charge in [-0.15, -0.1) is 0 Å². The van der Waals surface area contributed by atoms with Crippen LogP contribution in [0.15, 0.2) is 36.4 Å². The number of carbonyl (C=O) groups excluding carboxylic acids is 3. The maximum Gasteiger partial charge on any atom is 0.311 e. The number of rotatable bonds is 5. The molecular weight excluding hydrogens is 512 g/mol. The van der Waals surface area contributed by atoms with Gasteiger partial charge in [0.1, 0.15) is 6.04 Å². The predicted molar refractivity (Wildman–Crippen MR) is 146 cm³/mol. The highest BCUT2D eigenvalue weighted by Crippen LogP contribution is 2.48. The van der Waals surface area contributed by atoms with Crippen LogP contribution < -0.4 is 15.0 Å². The molecule has 3 atom stereocenters. The Labute approximate surface area is 231 Å². The first-order chi connectivity index (χ1) is 19.3. The van der Waals surface area contributed by atoms with Crippen LogP contribution in [-0.2, 0) is 16.1 Å². The van der Waals surface area contributed by atoms with E-state index in [2.05, 4.69) is 22.1 Å². The van der Waals surface area contributed by atoms with E-state index in [0.717, 1.165) is 49.2 Å². The molecule has 3 amide bonds. The molecular formula is C30H30N4O6. The quantitative estimate of drug-likeness (QED) is 0.266. The fourth-order valence-corrected chi connectivity index (χ4v) is 6.37. The van der Waals surface area contributed by atoms with Crippen molar-refractivity contribution in [3.05, 3.63) is 63.2 Å². The Morgan fingerprint density at radius 3 is 2.62 bits per heavy atom. The number of nitrogens with zero attached hydrogens (tertiary/aromatic N) is 3. The van der Waals surface area contributed by atoms with Crippen molar-refractivity contribution >= 4 is 29.1 Å². The van der Waals surface area contributed by atoms with Crippen molar-refractivity contribution in [3.8, 4) is 17.6 Å². The second kappa shape index (κ2) is 10.3. The van der Waals surface area contributed by atoms with Gasteiger partial charge in [-0.2, -0.15) is 0 Å². The van der Waals surface area contributed by atoms with E-state index in [9.17, 15) is 24.5 Å². The highest BCUT2D eigenvalue weighted by molar-refractivity contribution is 6.05. The molecule has 1 N–H and O–H groups in total. The predicted octanol–water partition coefficient (Wildman–Crippen LogP) is 3.27. The summed E-state index contributed by atoms with van der Waals surface area (Å²) in [5.41, 5.74) is 3.17. The van der Waals surface area contributed by atoms with Crippen LogP contribution in [0.25, 0.3) is 0 Å². The normalized spacial score (nSPS) is 24.2. The molecule has 3 aliphatic heterocycles. The molecule has 10 nitrogen and oxygen atoms in total. The summed E-state index contributed by atoms with van der Waals surface area (Å²) >= 11 is 0. The lowest BCUT2D eigenvalue weighted by atomic mass is 9.90. The van der Waals surface area contributed by atoms with Crippen LogP contribution in [0.3, 0.4) is 0 Å². The number of anilines is 1. The number of nitro benzene ring substituents is 1. The van der Waals surface area contributed by atoms with E-state index in [0.29, 0.717) is 36.3 Å². The summed E-state index contributed by atoms with van der Waals surface area (Å²) in [5, 5.41) is 13.5. The minimum atomic E-state index is -0.635. The zero-order valence-corrected chi connectivity index (χ0v) is 22.2. The van der Waals surface area contributed by atoms with E-state index < -0.39 is 16.9 Å². The Bertz CT molecular complexity index is 1470. The van der Waals surface area contributed by atoms with Crippen LogP contribution in [0.5, 0.6) is 5.75 Å². The maximum atomic E-state index is 13.1. The molecule has 0 spiro atoms. The summed E-state index contributed by atoms with van der Waals surface area (Å²) in [6.45, 7) is 2.09. The number of hydrogen-bond donors (Lipinski definition) is 1. The van der Waals surface area contributed by atoms with Crippen LogP contribution in [0.2, 0.25) is 0 Å². The standard InChI is InChI=1S/C30H30N4O6/c1-40-27-16-21(7-8-25(27)34(38)39)32-13-11-19(12-14-32)23-15-20(23)6-5-18-3-2-4-22-24(18)17-33(30(22)37)26-9-10-28(35)31-29(26)36/h2-4,7-8,16,19-20,23,26H,9-15,17H2,1H3,(H,31,35,36)/t20-,23+,26?/m1/s1. The Hall–Kier alpha value is -4.39. The van der Waals surface area contributed by atoms with Gasteiger partial charge in [0.2, 0.25) is 11.8 Å². The van der Waals surface area contributed by atoms with Crippen LogP contribution in [0.4, 0.5) is 11.4 Å². The molecule has 1 aliphatic carbocycles. The molecule has 1 saturated carbocycles. The fourth-order valence-electron chi connectivity index (χ4n) is 6.37. The number of piperidine rings is 2. The highest BCUT2D eigenvalue weighted by atomic mass is 16.6. The Balaban J connectivity index is 1.07. The molecule has 10 heteroatoms. The molecule has 4 aliphatic rings. The van der Waals surface area contributed by atoms with Crippen LogP contribution >= 0.6 is 0 Å². The average Bonchev–Trinajstić information content (AvgIpc) is 3.66. The minimum absolute atomic E-state index is 0.0300. The molecule has 1 unspecified atom stereocenters. The number of hydrogen-bond acceptors (Lipinski definition) is 7. The monoisotopic (exact) mass is 542 g/mol.